The zero-order chi connectivity index (χ0) is 11.5. The van der Waals surface area contributed by atoms with Gasteiger partial charge in [-0.2, -0.15) is 0 Å². The van der Waals surface area contributed by atoms with E-state index in [9.17, 15) is 4.79 Å². The van der Waals surface area contributed by atoms with Crippen LogP contribution in [-0.2, 0) is 14.4 Å². The summed E-state index contributed by atoms with van der Waals surface area (Å²) >= 11 is 0. The van der Waals surface area contributed by atoms with Gasteiger partial charge in [0.2, 0.25) is 0 Å². The first-order chi connectivity index (χ1) is 7.13. The van der Waals surface area contributed by atoms with Crippen molar-refractivity contribution in [3.63, 3.8) is 0 Å². The maximum absolute atomic E-state index is 10.6. The van der Waals surface area contributed by atoms with E-state index in [2.05, 4.69) is 5.16 Å². The van der Waals surface area contributed by atoms with Crippen LogP contribution in [-0.4, -0.2) is 31.8 Å². The van der Waals surface area contributed by atoms with Crippen LogP contribution in [0.3, 0.4) is 0 Å². The minimum absolute atomic E-state index is 0.205. The van der Waals surface area contributed by atoms with Gasteiger partial charge in [-0.25, -0.2) is 0 Å². The summed E-state index contributed by atoms with van der Waals surface area (Å²) in [6, 6.07) is 0. The monoisotopic (exact) mass is 215 g/mol. The standard InChI is InChI=1S/C11H21NO3/c1-10(2)9-12-15-8-7-14-6-4-5-11(3)13/h9-10H,4-8H2,1-3H3. The zero-order valence-electron chi connectivity index (χ0n) is 9.86. The largest absolute Gasteiger partial charge is 0.394 e. The number of ketones is 1. The molecule has 0 aliphatic heterocycles. The second-order valence-corrected chi connectivity index (χ2v) is 3.75. The molecular formula is C11H21NO3. The molecule has 0 amide bonds. The summed E-state index contributed by atoms with van der Waals surface area (Å²) in [4.78, 5) is 15.5. The van der Waals surface area contributed by atoms with E-state index >= 15 is 0 Å². The molecule has 0 aliphatic rings. The van der Waals surface area contributed by atoms with Crippen LogP contribution in [0.25, 0.3) is 0 Å². The van der Waals surface area contributed by atoms with Crippen LogP contribution in [0, 0.1) is 5.92 Å². The summed E-state index contributed by atoms with van der Waals surface area (Å²) in [5.74, 6) is 0.609. The second-order valence-electron chi connectivity index (χ2n) is 3.75. The minimum atomic E-state index is 0.205. The summed E-state index contributed by atoms with van der Waals surface area (Å²) in [6.07, 6.45) is 3.12. The molecule has 0 N–H and O–H groups in total. The Morgan fingerprint density at radius 3 is 2.67 bits per heavy atom. The van der Waals surface area contributed by atoms with Gasteiger partial charge in [0.05, 0.1) is 6.61 Å². The summed E-state index contributed by atoms with van der Waals surface area (Å²) in [7, 11) is 0. The van der Waals surface area contributed by atoms with Gasteiger partial charge in [-0.05, 0) is 19.3 Å². The Hall–Kier alpha value is -0.900. The van der Waals surface area contributed by atoms with Gasteiger partial charge in [0.1, 0.15) is 12.4 Å². The number of carbonyl (C=O) groups excluding carboxylic acids is 1. The molecule has 0 atom stereocenters. The molecule has 0 aromatic heterocycles. The first kappa shape index (κ1) is 14.1. The fourth-order valence-electron chi connectivity index (χ4n) is 0.839. The molecule has 0 fully saturated rings. The molecule has 4 heteroatoms. The van der Waals surface area contributed by atoms with E-state index in [0.717, 1.165) is 6.42 Å². The first-order valence-electron chi connectivity index (χ1n) is 5.35. The third-order valence-electron chi connectivity index (χ3n) is 1.57. The van der Waals surface area contributed by atoms with Crippen molar-refractivity contribution in [2.45, 2.75) is 33.6 Å². The van der Waals surface area contributed by atoms with Gasteiger partial charge in [0, 0.05) is 19.2 Å². The van der Waals surface area contributed by atoms with Crippen LogP contribution < -0.4 is 0 Å². The molecule has 0 aromatic carbocycles. The number of hydrogen-bond acceptors (Lipinski definition) is 4. The summed E-state index contributed by atoms with van der Waals surface area (Å²) in [6.45, 7) is 7.24. The number of hydrogen-bond donors (Lipinski definition) is 0. The van der Waals surface area contributed by atoms with E-state index in [-0.39, 0.29) is 5.78 Å². The molecule has 15 heavy (non-hydrogen) atoms. The van der Waals surface area contributed by atoms with Crippen LogP contribution in [0.5, 0.6) is 0 Å². The van der Waals surface area contributed by atoms with E-state index in [0.29, 0.717) is 32.2 Å². The molecule has 0 aromatic rings. The highest BCUT2D eigenvalue weighted by Crippen LogP contribution is 1.91. The maximum Gasteiger partial charge on any atom is 0.140 e. The Bertz CT molecular complexity index is 190. The smallest absolute Gasteiger partial charge is 0.140 e. The average Bonchev–Trinajstić information content (AvgIpc) is 2.14. The number of rotatable bonds is 9. The highest BCUT2D eigenvalue weighted by atomic mass is 16.6. The lowest BCUT2D eigenvalue weighted by Gasteiger charge is -2.02. The Balaban J connectivity index is 3.08. The van der Waals surface area contributed by atoms with Crippen molar-refractivity contribution in [3.05, 3.63) is 0 Å². The van der Waals surface area contributed by atoms with Crippen molar-refractivity contribution in [2.75, 3.05) is 19.8 Å². The van der Waals surface area contributed by atoms with Crippen LogP contribution in [0.1, 0.15) is 33.6 Å². The van der Waals surface area contributed by atoms with Gasteiger partial charge in [-0.15, -0.1) is 0 Å². The molecule has 0 heterocycles. The Kier molecular flexibility index (Phi) is 9.07. The van der Waals surface area contributed by atoms with Gasteiger partial charge in [0.15, 0.2) is 0 Å². The third kappa shape index (κ3) is 13.1. The molecule has 0 spiro atoms. The van der Waals surface area contributed by atoms with Crippen molar-refractivity contribution in [1.29, 1.82) is 0 Å². The normalized spacial score (nSPS) is 11.2. The molecule has 0 saturated heterocycles. The number of carbonyl (C=O) groups is 1. The molecule has 4 nitrogen and oxygen atoms in total. The number of ether oxygens (including phenoxy) is 1. The Morgan fingerprint density at radius 2 is 2.07 bits per heavy atom. The molecule has 0 bridgehead atoms. The minimum Gasteiger partial charge on any atom is -0.394 e. The van der Waals surface area contributed by atoms with E-state index < -0.39 is 0 Å². The zero-order valence-corrected chi connectivity index (χ0v) is 9.86. The predicted octanol–water partition coefficient (Wildman–Crippen LogP) is 2.03. The Labute approximate surface area is 91.6 Å². The van der Waals surface area contributed by atoms with Gasteiger partial charge in [-0.3, -0.25) is 0 Å². The van der Waals surface area contributed by atoms with Crippen molar-refractivity contribution in [2.24, 2.45) is 11.1 Å². The second kappa shape index (κ2) is 9.65. The van der Waals surface area contributed by atoms with E-state index in [4.69, 9.17) is 9.57 Å². The number of oxime groups is 1. The highest BCUT2D eigenvalue weighted by Gasteiger charge is 1.93. The lowest BCUT2D eigenvalue weighted by molar-refractivity contribution is -0.117. The number of Topliss-reactive ketones (excluding diaryl/α,β-unsaturated/α-hetero) is 1. The van der Waals surface area contributed by atoms with Crippen molar-refractivity contribution < 1.29 is 14.4 Å². The van der Waals surface area contributed by atoms with Gasteiger partial charge in [0.25, 0.3) is 0 Å². The lowest BCUT2D eigenvalue weighted by Crippen LogP contribution is -2.04. The van der Waals surface area contributed by atoms with Crippen molar-refractivity contribution in [3.8, 4) is 0 Å². The molecule has 0 unspecified atom stereocenters. The van der Waals surface area contributed by atoms with E-state index in [1.165, 1.54) is 0 Å². The molecule has 0 radical (unpaired) electrons. The molecule has 88 valence electrons. The predicted molar refractivity (Wildman–Crippen MR) is 60.0 cm³/mol. The summed E-state index contributed by atoms with van der Waals surface area (Å²) in [5, 5.41) is 3.76. The first-order valence-corrected chi connectivity index (χ1v) is 5.35. The fraction of sp³-hybridized carbons (Fsp3) is 0.818. The van der Waals surface area contributed by atoms with Gasteiger partial charge >= 0.3 is 0 Å². The maximum atomic E-state index is 10.6. The fourth-order valence-corrected chi connectivity index (χ4v) is 0.839. The van der Waals surface area contributed by atoms with Crippen LogP contribution in [0.2, 0.25) is 0 Å². The highest BCUT2D eigenvalue weighted by molar-refractivity contribution is 5.75. The van der Waals surface area contributed by atoms with E-state index in [1.54, 1.807) is 13.1 Å². The van der Waals surface area contributed by atoms with E-state index in [1.807, 2.05) is 13.8 Å². The average molecular weight is 215 g/mol. The molecule has 0 aliphatic carbocycles. The van der Waals surface area contributed by atoms with Crippen LogP contribution in [0.4, 0.5) is 0 Å². The molecule has 0 saturated carbocycles. The van der Waals surface area contributed by atoms with Crippen molar-refractivity contribution in [1.82, 2.24) is 0 Å². The third-order valence-corrected chi connectivity index (χ3v) is 1.57. The topological polar surface area (TPSA) is 47.9 Å². The van der Waals surface area contributed by atoms with Gasteiger partial charge in [-0.1, -0.05) is 19.0 Å². The van der Waals surface area contributed by atoms with Crippen LogP contribution >= 0.6 is 0 Å². The summed E-state index contributed by atoms with van der Waals surface area (Å²) < 4.78 is 5.24. The van der Waals surface area contributed by atoms with Crippen LogP contribution in [0.15, 0.2) is 5.16 Å². The van der Waals surface area contributed by atoms with Crippen molar-refractivity contribution >= 4 is 12.0 Å². The quantitative estimate of drug-likeness (QED) is 0.336. The molecule has 0 rings (SSSR count). The molecular weight excluding hydrogens is 194 g/mol. The Morgan fingerprint density at radius 1 is 1.33 bits per heavy atom. The number of nitrogens with zero attached hydrogens (tertiary/aromatic N) is 1. The summed E-state index contributed by atoms with van der Waals surface area (Å²) in [5.41, 5.74) is 0. The SMILES string of the molecule is CC(=O)CCCOCCON=CC(C)C. The lowest BCUT2D eigenvalue weighted by atomic mass is 10.2. The van der Waals surface area contributed by atoms with Gasteiger partial charge < -0.3 is 14.4 Å².